The molecular formula is C20H15FN4O2S. The number of amides is 1. The minimum Gasteiger partial charge on any atom is -0.325 e. The van der Waals surface area contributed by atoms with Gasteiger partial charge in [0.1, 0.15) is 17.4 Å². The molecule has 0 saturated heterocycles. The van der Waals surface area contributed by atoms with Crippen LogP contribution in [0.5, 0.6) is 0 Å². The van der Waals surface area contributed by atoms with Crippen LogP contribution < -0.4 is 10.9 Å². The van der Waals surface area contributed by atoms with E-state index in [1.54, 1.807) is 31.2 Å². The van der Waals surface area contributed by atoms with Gasteiger partial charge in [-0.1, -0.05) is 42.1 Å². The molecule has 3 rings (SSSR count). The van der Waals surface area contributed by atoms with Crippen molar-refractivity contribution in [2.24, 2.45) is 0 Å². The van der Waals surface area contributed by atoms with E-state index in [1.807, 2.05) is 12.1 Å². The number of aromatic nitrogens is 2. The summed E-state index contributed by atoms with van der Waals surface area (Å²) in [6.07, 6.45) is 0. The summed E-state index contributed by atoms with van der Waals surface area (Å²) in [4.78, 5) is 31.5. The van der Waals surface area contributed by atoms with Crippen LogP contribution in [-0.2, 0) is 4.79 Å². The Morgan fingerprint density at radius 3 is 2.54 bits per heavy atom. The van der Waals surface area contributed by atoms with Gasteiger partial charge < -0.3 is 10.3 Å². The molecule has 0 spiro atoms. The standard InChI is InChI=1S/C20H15FN4O2S/c1-12(18(26)23-15-9-7-14(21)8-10-15)28-20-24-17(13-5-3-2-4-6-13)16(11-22)19(27)25-20/h2-10,12H,1H3,(H,23,26)(H,24,25,27). The molecule has 2 aromatic carbocycles. The van der Waals surface area contributed by atoms with Gasteiger partial charge in [0.05, 0.1) is 10.9 Å². The molecule has 1 heterocycles. The van der Waals surface area contributed by atoms with E-state index >= 15 is 0 Å². The Morgan fingerprint density at radius 2 is 1.89 bits per heavy atom. The Labute approximate surface area is 164 Å². The first-order valence-electron chi connectivity index (χ1n) is 8.31. The number of carbonyl (C=O) groups is 1. The van der Waals surface area contributed by atoms with Crippen molar-refractivity contribution in [2.45, 2.75) is 17.3 Å². The van der Waals surface area contributed by atoms with Crippen molar-refractivity contribution < 1.29 is 9.18 Å². The molecular weight excluding hydrogens is 379 g/mol. The topological polar surface area (TPSA) is 98.6 Å². The fourth-order valence-corrected chi connectivity index (χ4v) is 3.21. The van der Waals surface area contributed by atoms with Crippen molar-refractivity contribution >= 4 is 23.4 Å². The van der Waals surface area contributed by atoms with Crippen LogP contribution in [0.15, 0.2) is 64.5 Å². The predicted molar refractivity (Wildman–Crippen MR) is 105 cm³/mol. The van der Waals surface area contributed by atoms with Crippen LogP contribution in [0.2, 0.25) is 0 Å². The summed E-state index contributed by atoms with van der Waals surface area (Å²) in [5, 5.41) is 11.6. The molecule has 28 heavy (non-hydrogen) atoms. The number of H-pyrrole nitrogens is 1. The van der Waals surface area contributed by atoms with E-state index in [9.17, 15) is 19.2 Å². The van der Waals surface area contributed by atoms with Gasteiger partial charge in [-0.2, -0.15) is 5.26 Å². The van der Waals surface area contributed by atoms with E-state index in [4.69, 9.17) is 0 Å². The summed E-state index contributed by atoms with van der Waals surface area (Å²) in [7, 11) is 0. The molecule has 1 unspecified atom stereocenters. The Morgan fingerprint density at radius 1 is 1.21 bits per heavy atom. The van der Waals surface area contributed by atoms with Crippen LogP contribution in [0.1, 0.15) is 12.5 Å². The molecule has 140 valence electrons. The molecule has 0 fully saturated rings. The number of benzene rings is 2. The van der Waals surface area contributed by atoms with Crippen molar-refractivity contribution in [1.82, 2.24) is 9.97 Å². The number of halogens is 1. The highest BCUT2D eigenvalue weighted by atomic mass is 32.2. The second kappa shape index (κ2) is 8.50. The smallest absolute Gasteiger partial charge is 0.270 e. The molecule has 1 atom stereocenters. The maximum Gasteiger partial charge on any atom is 0.270 e. The van der Waals surface area contributed by atoms with Gasteiger partial charge in [0.15, 0.2) is 5.16 Å². The quantitative estimate of drug-likeness (QED) is 0.509. The van der Waals surface area contributed by atoms with Crippen molar-refractivity contribution in [3.63, 3.8) is 0 Å². The highest BCUT2D eigenvalue weighted by molar-refractivity contribution is 8.00. The van der Waals surface area contributed by atoms with Crippen LogP contribution in [0.3, 0.4) is 0 Å². The number of rotatable bonds is 5. The van der Waals surface area contributed by atoms with E-state index in [0.29, 0.717) is 11.3 Å². The Balaban J connectivity index is 1.83. The van der Waals surface area contributed by atoms with Crippen LogP contribution in [-0.4, -0.2) is 21.1 Å². The first-order valence-corrected chi connectivity index (χ1v) is 9.19. The van der Waals surface area contributed by atoms with Crippen LogP contribution >= 0.6 is 11.8 Å². The maximum absolute atomic E-state index is 13.0. The average molecular weight is 394 g/mol. The van der Waals surface area contributed by atoms with Gasteiger partial charge in [-0.15, -0.1) is 0 Å². The van der Waals surface area contributed by atoms with Crippen molar-refractivity contribution in [3.8, 4) is 17.3 Å². The third-order valence-electron chi connectivity index (χ3n) is 3.83. The number of aromatic amines is 1. The minimum absolute atomic E-state index is 0.0843. The Kier molecular flexibility index (Phi) is 5.87. The third-order valence-corrected chi connectivity index (χ3v) is 4.81. The maximum atomic E-state index is 13.0. The fraction of sp³-hybridized carbons (Fsp3) is 0.100. The van der Waals surface area contributed by atoms with Gasteiger partial charge >= 0.3 is 0 Å². The molecule has 2 N–H and O–H groups in total. The number of hydrogen-bond donors (Lipinski definition) is 2. The number of nitrogens with one attached hydrogen (secondary N) is 2. The molecule has 0 aliphatic carbocycles. The van der Waals surface area contributed by atoms with Gasteiger partial charge in [-0.25, -0.2) is 9.37 Å². The van der Waals surface area contributed by atoms with Crippen molar-refractivity contribution in [3.05, 3.63) is 76.3 Å². The Hall–Kier alpha value is -3.44. The summed E-state index contributed by atoms with van der Waals surface area (Å²) >= 11 is 1.05. The normalized spacial score (nSPS) is 11.5. The summed E-state index contributed by atoms with van der Waals surface area (Å²) in [5.41, 5.74) is 0.713. The molecule has 1 aromatic heterocycles. The summed E-state index contributed by atoms with van der Waals surface area (Å²) in [6.45, 7) is 1.66. The van der Waals surface area contributed by atoms with Gasteiger partial charge in [-0.05, 0) is 31.2 Å². The van der Waals surface area contributed by atoms with E-state index in [2.05, 4.69) is 15.3 Å². The second-order valence-electron chi connectivity index (χ2n) is 5.83. The lowest BCUT2D eigenvalue weighted by Gasteiger charge is -2.12. The molecule has 0 saturated carbocycles. The third kappa shape index (κ3) is 4.45. The summed E-state index contributed by atoms with van der Waals surface area (Å²) < 4.78 is 13.0. The SMILES string of the molecule is CC(Sc1nc(-c2ccccc2)c(C#N)c(=O)[nH]1)C(=O)Nc1ccc(F)cc1. The molecule has 3 aromatic rings. The van der Waals surface area contributed by atoms with Crippen molar-refractivity contribution in [2.75, 3.05) is 5.32 Å². The monoisotopic (exact) mass is 394 g/mol. The molecule has 0 radical (unpaired) electrons. The number of carbonyl (C=O) groups excluding carboxylic acids is 1. The molecule has 6 nitrogen and oxygen atoms in total. The van der Waals surface area contributed by atoms with Gasteiger partial charge in [0, 0.05) is 11.3 Å². The van der Waals surface area contributed by atoms with Crippen molar-refractivity contribution in [1.29, 1.82) is 5.26 Å². The van der Waals surface area contributed by atoms with Gasteiger partial charge in [-0.3, -0.25) is 9.59 Å². The zero-order valence-electron chi connectivity index (χ0n) is 14.8. The molecule has 8 heteroatoms. The molecule has 1 amide bonds. The number of hydrogen-bond acceptors (Lipinski definition) is 5. The first kappa shape index (κ1) is 19.3. The molecule has 0 bridgehead atoms. The fourth-order valence-electron chi connectivity index (χ4n) is 2.42. The lowest BCUT2D eigenvalue weighted by molar-refractivity contribution is -0.115. The van der Waals surface area contributed by atoms with E-state index in [1.165, 1.54) is 24.3 Å². The summed E-state index contributed by atoms with van der Waals surface area (Å²) in [6, 6.07) is 16.2. The van der Waals surface area contributed by atoms with Gasteiger partial charge in [0.25, 0.3) is 5.56 Å². The summed E-state index contributed by atoms with van der Waals surface area (Å²) in [5.74, 6) is -0.724. The van der Waals surface area contributed by atoms with E-state index in [0.717, 1.165) is 11.8 Å². The zero-order valence-corrected chi connectivity index (χ0v) is 15.6. The average Bonchev–Trinajstić information content (AvgIpc) is 2.70. The number of thioether (sulfide) groups is 1. The second-order valence-corrected chi connectivity index (χ2v) is 7.16. The van der Waals surface area contributed by atoms with Crippen LogP contribution in [0, 0.1) is 17.1 Å². The van der Waals surface area contributed by atoms with E-state index in [-0.39, 0.29) is 22.3 Å². The van der Waals surface area contributed by atoms with E-state index < -0.39 is 16.6 Å². The zero-order chi connectivity index (χ0) is 20.1. The highest BCUT2D eigenvalue weighted by Crippen LogP contribution is 2.24. The van der Waals surface area contributed by atoms with Gasteiger partial charge in [0.2, 0.25) is 5.91 Å². The Bertz CT molecular complexity index is 1090. The highest BCUT2D eigenvalue weighted by Gasteiger charge is 2.19. The molecule has 0 aliphatic heterocycles. The largest absolute Gasteiger partial charge is 0.325 e. The number of nitriles is 1. The lowest BCUT2D eigenvalue weighted by Crippen LogP contribution is -2.23. The number of anilines is 1. The van der Waals surface area contributed by atoms with Crippen LogP contribution in [0.25, 0.3) is 11.3 Å². The first-order chi connectivity index (χ1) is 13.5. The molecule has 0 aliphatic rings. The lowest BCUT2D eigenvalue weighted by atomic mass is 10.1. The predicted octanol–water partition coefficient (Wildman–Crippen LogP) is 3.57. The number of nitrogens with zero attached hydrogens (tertiary/aromatic N) is 2. The van der Waals surface area contributed by atoms with Crippen LogP contribution in [0.4, 0.5) is 10.1 Å². The minimum atomic E-state index is -0.593.